The minimum absolute atomic E-state index is 0.0229. The van der Waals surface area contributed by atoms with Gasteiger partial charge in [-0.25, -0.2) is 0 Å². The minimum Gasteiger partial charge on any atom is -0.345 e. The fourth-order valence-corrected chi connectivity index (χ4v) is 5.33. The number of hydrogen-bond acceptors (Lipinski definition) is 4. The zero-order valence-corrected chi connectivity index (χ0v) is 17.7. The van der Waals surface area contributed by atoms with Gasteiger partial charge in [0.25, 0.3) is 15.9 Å². The van der Waals surface area contributed by atoms with Crippen molar-refractivity contribution in [2.45, 2.75) is 30.7 Å². The number of nitrogens with one attached hydrogen (secondary N) is 2. The number of amidine groups is 1. The normalized spacial score (nSPS) is 18.1. The Balaban J connectivity index is 1.30. The van der Waals surface area contributed by atoms with Crippen LogP contribution >= 0.6 is 0 Å². The van der Waals surface area contributed by atoms with Crippen LogP contribution < -0.4 is 10.6 Å². The van der Waals surface area contributed by atoms with E-state index in [2.05, 4.69) is 40.2 Å². The van der Waals surface area contributed by atoms with Crippen LogP contribution in [0.2, 0.25) is 0 Å². The maximum absolute atomic E-state index is 12.8. The topological polar surface area (TPSA) is 87.6 Å². The van der Waals surface area contributed by atoms with E-state index < -0.39 is 10.0 Å². The second-order valence-corrected chi connectivity index (χ2v) is 9.45. The third kappa shape index (κ3) is 3.61. The van der Waals surface area contributed by atoms with Gasteiger partial charge in [-0.2, -0.15) is 8.42 Å². The Morgan fingerprint density at radius 3 is 2.61 bits per heavy atom. The molecule has 1 amide bonds. The Morgan fingerprint density at radius 1 is 1.03 bits per heavy atom. The largest absolute Gasteiger partial charge is 0.345 e. The quantitative estimate of drug-likeness (QED) is 0.657. The highest BCUT2D eigenvalue weighted by atomic mass is 32.2. The summed E-state index contributed by atoms with van der Waals surface area (Å²) in [5.41, 5.74) is 5.43. The Morgan fingerprint density at radius 2 is 1.81 bits per heavy atom. The maximum Gasteiger partial charge on any atom is 0.285 e. The molecule has 31 heavy (non-hydrogen) atoms. The van der Waals surface area contributed by atoms with Gasteiger partial charge in [0.15, 0.2) is 5.84 Å². The van der Waals surface area contributed by atoms with Crippen molar-refractivity contribution in [2.75, 3.05) is 5.32 Å². The summed E-state index contributed by atoms with van der Waals surface area (Å²) >= 11 is 0. The van der Waals surface area contributed by atoms with Gasteiger partial charge in [0, 0.05) is 16.8 Å². The average Bonchev–Trinajstić information content (AvgIpc) is 3.26. The fourth-order valence-electron chi connectivity index (χ4n) is 4.15. The van der Waals surface area contributed by atoms with E-state index in [1.807, 2.05) is 0 Å². The molecular weight excluding hydrogens is 410 g/mol. The Kier molecular flexibility index (Phi) is 4.63. The molecular formula is C24H21N3O3S. The number of anilines is 1. The van der Waals surface area contributed by atoms with Crippen LogP contribution in [-0.2, 0) is 16.4 Å². The van der Waals surface area contributed by atoms with Crippen LogP contribution in [-0.4, -0.2) is 20.2 Å². The van der Waals surface area contributed by atoms with Crippen molar-refractivity contribution in [1.29, 1.82) is 0 Å². The van der Waals surface area contributed by atoms with Gasteiger partial charge in [0.2, 0.25) is 0 Å². The lowest BCUT2D eigenvalue weighted by atomic mass is 10.0. The number of fused-ring (bicyclic) bond motifs is 2. The highest BCUT2D eigenvalue weighted by molar-refractivity contribution is 7.90. The van der Waals surface area contributed by atoms with Gasteiger partial charge in [-0.1, -0.05) is 35.9 Å². The molecule has 156 valence electrons. The third-order valence-corrected chi connectivity index (χ3v) is 7.06. The van der Waals surface area contributed by atoms with Gasteiger partial charge in [0.1, 0.15) is 4.90 Å². The standard InChI is InChI=1S/C24H21N3O3S/c1-15-6-7-16-10-13-21(20(16)14-15)26-24(28)17-8-11-18(12-9-17)25-23-19-4-2-3-5-22(19)31(29,30)27-23/h2-9,11-12,14,21H,10,13H2,1H3,(H,25,27)(H,26,28). The van der Waals surface area contributed by atoms with Gasteiger partial charge in [0.05, 0.1) is 6.04 Å². The van der Waals surface area contributed by atoms with Crippen molar-refractivity contribution in [3.63, 3.8) is 0 Å². The molecule has 3 aromatic rings. The molecule has 2 N–H and O–H groups in total. The van der Waals surface area contributed by atoms with Crippen molar-refractivity contribution in [1.82, 2.24) is 5.32 Å². The summed E-state index contributed by atoms with van der Waals surface area (Å²) in [6, 6.07) is 20.1. The fraction of sp³-hybridized carbons (Fsp3) is 0.167. The first kappa shape index (κ1) is 19.5. The molecule has 0 aromatic heterocycles. The summed E-state index contributed by atoms with van der Waals surface area (Å²) in [4.78, 5) is 13.0. The molecule has 0 spiro atoms. The second-order valence-electron chi connectivity index (χ2n) is 7.88. The summed E-state index contributed by atoms with van der Waals surface area (Å²) in [5, 5.41) is 6.18. The molecule has 3 aromatic carbocycles. The van der Waals surface area contributed by atoms with Gasteiger partial charge < -0.3 is 10.6 Å². The van der Waals surface area contributed by atoms with E-state index in [0.717, 1.165) is 12.8 Å². The molecule has 1 aliphatic heterocycles. The molecule has 0 radical (unpaired) electrons. The van der Waals surface area contributed by atoms with E-state index in [0.29, 0.717) is 16.8 Å². The van der Waals surface area contributed by atoms with Crippen LogP contribution in [0.25, 0.3) is 0 Å². The van der Waals surface area contributed by atoms with Crippen LogP contribution in [0.5, 0.6) is 0 Å². The molecule has 0 fully saturated rings. The monoisotopic (exact) mass is 431 g/mol. The molecule has 1 aliphatic carbocycles. The summed E-state index contributed by atoms with van der Waals surface area (Å²) < 4.78 is 28.2. The number of benzene rings is 3. The molecule has 0 bridgehead atoms. The number of sulfonamides is 1. The van der Waals surface area contributed by atoms with Crippen LogP contribution in [0.4, 0.5) is 5.69 Å². The van der Waals surface area contributed by atoms with Crippen molar-refractivity contribution < 1.29 is 13.2 Å². The van der Waals surface area contributed by atoms with Crippen molar-refractivity contribution >= 4 is 27.5 Å². The number of rotatable bonds is 3. The van der Waals surface area contributed by atoms with Gasteiger partial charge in [-0.05, 0) is 67.3 Å². The predicted molar refractivity (Wildman–Crippen MR) is 120 cm³/mol. The molecule has 1 atom stereocenters. The van der Waals surface area contributed by atoms with Crippen molar-refractivity contribution in [3.8, 4) is 0 Å². The van der Waals surface area contributed by atoms with E-state index in [1.54, 1.807) is 48.5 Å². The molecule has 0 saturated heterocycles. The van der Waals surface area contributed by atoms with E-state index in [-0.39, 0.29) is 22.7 Å². The minimum atomic E-state index is -3.68. The van der Waals surface area contributed by atoms with Crippen LogP contribution in [0.1, 0.15) is 45.1 Å². The lowest BCUT2D eigenvalue weighted by molar-refractivity contribution is 0.0936. The molecule has 1 unspecified atom stereocenters. The highest BCUT2D eigenvalue weighted by Gasteiger charge is 2.28. The first-order valence-corrected chi connectivity index (χ1v) is 11.6. The molecule has 5 rings (SSSR count). The zero-order chi connectivity index (χ0) is 21.6. The number of nitrogens with zero attached hydrogens (tertiary/aromatic N) is 1. The number of amides is 1. The molecule has 1 heterocycles. The summed E-state index contributed by atoms with van der Waals surface area (Å²) in [5.74, 6) is 0.155. The Bertz CT molecular complexity index is 1330. The second kappa shape index (κ2) is 7.35. The van der Waals surface area contributed by atoms with E-state index >= 15 is 0 Å². The Hall–Kier alpha value is -3.45. The summed E-state index contributed by atoms with van der Waals surface area (Å²) in [6.45, 7) is 2.06. The number of hydrogen-bond donors (Lipinski definition) is 2. The van der Waals surface area contributed by atoms with Gasteiger partial charge in [-0.15, -0.1) is 4.40 Å². The first-order valence-electron chi connectivity index (χ1n) is 10.1. The number of aryl methyl sites for hydroxylation is 2. The summed E-state index contributed by atoms with van der Waals surface area (Å²) in [6.07, 6.45) is 1.87. The zero-order valence-electron chi connectivity index (χ0n) is 16.9. The van der Waals surface area contributed by atoms with Gasteiger partial charge in [-0.3, -0.25) is 4.79 Å². The van der Waals surface area contributed by atoms with Gasteiger partial charge >= 0.3 is 0 Å². The Labute approximate surface area is 181 Å². The van der Waals surface area contributed by atoms with E-state index in [4.69, 9.17) is 0 Å². The van der Waals surface area contributed by atoms with Crippen LogP contribution in [0, 0.1) is 6.92 Å². The third-order valence-electron chi connectivity index (χ3n) is 5.73. The van der Waals surface area contributed by atoms with E-state index in [9.17, 15) is 13.2 Å². The molecule has 0 saturated carbocycles. The summed E-state index contributed by atoms with van der Waals surface area (Å²) in [7, 11) is -3.68. The predicted octanol–water partition coefficient (Wildman–Crippen LogP) is 3.97. The SMILES string of the molecule is Cc1ccc2c(c1)C(NC(=O)c1ccc(NC3=NS(=O)(=O)c4ccccc43)cc1)CC2. The van der Waals surface area contributed by atoms with Crippen molar-refractivity contribution in [3.05, 3.63) is 94.5 Å². The van der Waals surface area contributed by atoms with E-state index in [1.165, 1.54) is 16.7 Å². The number of carbonyl (C=O) groups is 1. The van der Waals surface area contributed by atoms with Crippen molar-refractivity contribution in [2.24, 2.45) is 4.40 Å². The average molecular weight is 432 g/mol. The molecule has 6 nitrogen and oxygen atoms in total. The smallest absolute Gasteiger partial charge is 0.285 e. The highest BCUT2D eigenvalue weighted by Crippen LogP contribution is 2.32. The molecule has 7 heteroatoms. The number of carbonyl (C=O) groups excluding carboxylic acids is 1. The van der Waals surface area contributed by atoms with Crippen LogP contribution in [0.15, 0.2) is 76.0 Å². The maximum atomic E-state index is 12.8. The lowest BCUT2D eigenvalue weighted by Crippen LogP contribution is -2.27. The molecule has 2 aliphatic rings. The lowest BCUT2D eigenvalue weighted by Gasteiger charge is -2.15. The first-order chi connectivity index (χ1) is 14.9. The van der Waals surface area contributed by atoms with Crippen LogP contribution in [0.3, 0.4) is 0 Å².